The first-order valence-electron chi connectivity index (χ1n) is 4.26. The van der Waals surface area contributed by atoms with Crippen LogP contribution in [-0.2, 0) is 14.8 Å². The molecule has 1 aromatic rings. The fraction of sp³-hybridized carbons (Fsp3) is 0.500. The van der Waals surface area contributed by atoms with Crippen LogP contribution in [0.2, 0.25) is 0 Å². The molecule has 86 valence electrons. The van der Waals surface area contributed by atoms with Crippen LogP contribution in [0.1, 0.15) is 0 Å². The van der Waals surface area contributed by atoms with Crippen LogP contribution in [0, 0.1) is 0 Å². The molecule has 0 aliphatic heterocycles. The maximum Gasteiger partial charge on any atom is 0.250 e. The third-order valence-electron chi connectivity index (χ3n) is 1.67. The highest BCUT2D eigenvalue weighted by molar-refractivity contribution is 7.91. The van der Waals surface area contributed by atoms with Gasteiger partial charge in [0, 0.05) is 7.11 Å². The fourth-order valence-electron chi connectivity index (χ4n) is 1.02. The predicted molar refractivity (Wildman–Crippen MR) is 57.4 cm³/mol. The molecule has 0 bridgehead atoms. The number of aliphatic hydroxyl groups is 1. The molecule has 0 radical (unpaired) electrons. The first kappa shape index (κ1) is 12.6. The van der Waals surface area contributed by atoms with Crippen molar-refractivity contribution in [3.8, 4) is 0 Å². The van der Waals surface area contributed by atoms with E-state index in [4.69, 9.17) is 9.84 Å². The number of nitrogens with one attached hydrogen (secondary N) is 1. The van der Waals surface area contributed by atoms with Gasteiger partial charge in [0.05, 0.1) is 19.3 Å². The molecule has 0 aromatic carbocycles. The molecule has 1 heterocycles. The van der Waals surface area contributed by atoms with E-state index in [9.17, 15) is 8.42 Å². The third kappa shape index (κ3) is 3.54. The Labute approximate surface area is 92.7 Å². The second-order valence-electron chi connectivity index (χ2n) is 2.89. The van der Waals surface area contributed by atoms with Crippen molar-refractivity contribution in [1.82, 2.24) is 4.72 Å². The Bertz CT molecular complexity index is 373. The number of methoxy groups -OCH3 is 1. The number of hydrogen-bond donors (Lipinski definition) is 2. The monoisotopic (exact) mass is 251 g/mol. The number of sulfonamides is 1. The number of aliphatic hydroxyl groups excluding tert-OH is 1. The van der Waals surface area contributed by atoms with Gasteiger partial charge in [-0.25, -0.2) is 13.1 Å². The third-order valence-corrected chi connectivity index (χ3v) is 4.59. The Balaban J connectivity index is 2.72. The molecule has 1 unspecified atom stereocenters. The zero-order valence-electron chi connectivity index (χ0n) is 8.21. The molecule has 7 heteroatoms. The Morgan fingerprint density at radius 2 is 2.40 bits per heavy atom. The molecule has 0 fully saturated rings. The molecule has 0 amide bonds. The maximum atomic E-state index is 11.7. The van der Waals surface area contributed by atoms with Gasteiger partial charge in [0.1, 0.15) is 4.21 Å². The van der Waals surface area contributed by atoms with Gasteiger partial charge in [0.25, 0.3) is 0 Å². The van der Waals surface area contributed by atoms with Crippen LogP contribution >= 0.6 is 11.3 Å². The molecule has 0 saturated heterocycles. The van der Waals surface area contributed by atoms with Crippen molar-refractivity contribution in [1.29, 1.82) is 0 Å². The SMILES string of the molecule is COCC(CO)NS(=O)(=O)c1cccs1. The lowest BCUT2D eigenvalue weighted by Gasteiger charge is -2.14. The van der Waals surface area contributed by atoms with Crippen LogP contribution in [0.4, 0.5) is 0 Å². The van der Waals surface area contributed by atoms with E-state index in [2.05, 4.69) is 4.72 Å². The van der Waals surface area contributed by atoms with E-state index in [0.29, 0.717) is 0 Å². The van der Waals surface area contributed by atoms with Gasteiger partial charge >= 0.3 is 0 Å². The highest BCUT2D eigenvalue weighted by Gasteiger charge is 2.20. The Hall–Kier alpha value is -0.470. The summed E-state index contributed by atoms with van der Waals surface area (Å²) >= 11 is 1.13. The van der Waals surface area contributed by atoms with Gasteiger partial charge < -0.3 is 9.84 Å². The van der Waals surface area contributed by atoms with Gasteiger partial charge in [0.15, 0.2) is 0 Å². The summed E-state index contributed by atoms with van der Waals surface area (Å²) in [5.74, 6) is 0. The topological polar surface area (TPSA) is 75.6 Å². The lowest BCUT2D eigenvalue weighted by molar-refractivity contribution is 0.139. The Morgan fingerprint density at radius 3 is 2.87 bits per heavy atom. The van der Waals surface area contributed by atoms with Crippen molar-refractivity contribution >= 4 is 21.4 Å². The molecule has 0 spiro atoms. The van der Waals surface area contributed by atoms with Crippen molar-refractivity contribution < 1.29 is 18.3 Å². The quantitative estimate of drug-likeness (QED) is 0.748. The fourth-order valence-corrected chi connectivity index (χ4v) is 3.24. The molecule has 1 aromatic heterocycles. The molecule has 2 N–H and O–H groups in total. The first-order chi connectivity index (χ1) is 7.10. The molecule has 0 aliphatic carbocycles. The van der Waals surface area contributed by atoms with Gasteiger partial charge in [-0.1, -0.05) is 6.07 Å². The zero-order valence-corrected chi connectivity index (χ0v) is 9.85. The summed E-state index contributed by atoms with van der Waals surface area (Å²) in [5, 5.41) is 10.6. The minimum absolute atomic E-state index is 0.140. The van der Waals surface area contributed by atoms with Gasteiger partial charge in [-0.3, -0.25) is 0 Å². The van der Waals surface area contributed by atoms with E-state index < -0.39 is 16.1 Å². The summed E-state index contributed by atoms with van der Waals surface area (Å²) in [6, 6.07) is 2.56. The lowest BCUT2D eigenvalue weighted by Crippen LogP contribution is -2.40. The lowest BCUT2D eigenvalue weighted by atomic mass is 10.4. The van der Waals surface area contributed by atoms with E-state index in [1.165, 1.54) is 13.2 Å². The van der Waals surface area contributed by atoms with Crippen molar-refractivity contribution in [2.24, 2.45) is 0 Å². The first-order valence-corrected chi connectivity index (χ1v) is 6.62. The van der Waals surface area contributed by atoms with Crippen molar-refractivity contribution in [2.75, 3.05) is 20.3 Å². The smallest absolute Gasteiger partial charge is 0.250 e. The standard InChI is InChI=1S/C8H13NO4S2/c1-13-6-7(5-10)9-15(11,12)8-3-2-4-14-8/h2-4,7,9-10H,5-6H2,1H3. The summed E-state index contributed by atoms with van der Waals surface area (Å²) in [6.45, 7) is -0.153. The highest BCUT2D eigenvalue weighted by Crippen LogP contribution is 2.15. The second kappa shape index (κ2) is 5.57. The second-order valence-corrected chi connectivity index (χ2v) is 5.78. The molecular weight excluding hydrogens is 238 g/mol. The Morgan fingerprint density at radius 1 is 1.67 bits per heavy atom. The Kier molecular flexibility index (Phi) is 4.68. The summed E-state index contributed by atoms with van der Waals surface area (Å²) in [7, 11) is -2.08. The van der Waals surface area contributed by atoms with E-state index in [0.717, 1.165) is 11.3 Å². The number of ether oxygens (including phenoxy) is 1. The largest absolute Gasteiger partial charge is 0.395 e. The number of hydrogen-bond acceptors (Lipinski definition) is 5. The van der Waals surface area contributed by atoms with Crippen molar-refractivity contribution in [3.63, 3.8) is 0 Å². The van der Waals surface area contributed by atoms with Crippen LogP contribution in [0.25, 0.3) is 0 Å². The van der Waals surface area contributed by atoms with E-state index >= 15 is 0 Å². The summed E-state index contributed by atoms with van der Waals surface area (Å²) in [6.07, 6.45) is 0. The summed E-state index contributed by atoms with van der Waals surface area (Å²) in [4.78, 5) is 0. The van der Waals surface area contributed by atoms with Gasteiger partial charge in [-0.05, 0) is 11.4 Å². The molecule has 0 aliphatic rings. The maximum absolute atomic E-state index is 11.7. The van der Waals surface area contributed by atoms with Crippen LogP contribution in [0.15, 0.2) is 21.7 Å². The molecule has 15 heavy (non-hydrogen) atoms. The van der Waals surface area contributed by atoms with E-state index in [-0.39, 0.29) is 17.4 Å². The summed E-state index contributed by atoms with van der Waals surface area (Å²) < 4.78 is 30.7. The van der Waals surface area contributed by atoms with Crippen molar-refractivity contribution in [2.45, 2.75) is 10.3 Å². The van der Waals surface area contributed by atoms with Gasteiger partial charge in [-0.15, -0.1) is 11.3 Å². The van der Waals surface area contributed by atoms with Crippen LogP contribution < -0.4 is 4.72 Å². The number of rotatable bonds is 6. The molecule has 0 saturated carbocycles. The summed E-state index contributed by atoms with van der Waals surface area (Å²) in [5.41, 5.74) is 0. The van der Waals surface area contributed by atoms with Gasteiger partial charge in [-0.2, -0.15) is 0 Å². The minimum Gasteiger partial charge on any atom is -0.395 e. The van der Waals surface area contributed by atoms with E-state index in [1.54, 1.807) is 11.4 Å². The zero-order chi connectivity index (χ0) is 11.3. The van der Waals surface area contributed by atoms with Crippen LogP contribution in [-0.4, -0.2) is 39.9 Å². The van der Waals surface area contributed by atoms with Gasteiger partial charge in [0.2, 0.25) is 10.0 Å². The normalized spacial score (nSPS) is 14.0. The van der Waals surface area contributed by atoms with Crippen LogP contribution in [0.5, 0.6) is 0 Å². The highest BCUT2D eigenvalue weighted by atomic mass is 32.2. The predicted octanol–water partition coefficient (Wildman–Crippen LogP) is 0.0337. The molecule has 1 atom stereocenters. The minimum atomic E-state index is -3.52. The molecule has 5 nitrogen and oxygen atoms in total. The average molecular weight is 251 g/mol. The molecular formula is C8H13NO4S2. The molecule has 1 rings (SSSR count). The number of thiophene rings is 1. The average Bonchev–Trinajstić information content (AvgIpc) is 2.70. The van der Waals surface area contributed by atoms with Crippen LogP contribution in [0.3, 0.4) is 0 Å². The van der Waals surface area contributed by atoms with Crippen molar-refractivity contribution in [3.05, 3.63) is 17.5 Å². The van der Waals surface area contributed by atoms with E-state index in [1.807, 2.05) is 0 Å².